The first-order valence-electron chi connectivity index (χ1n) is 10.2. The van der Waals surface area contributed by atoms with E-state index in [2.05, 4.69) is 28.9 Å². The lowest BCUT2D eigenvalue weighted by molar-refractivity contribution is 0.466. The predicted molar refractivity (Wildman–Crippen MR) is 117 cm³/mol. The fourth-order valence-electron chi connectivity index (χ4n) is 3.15. The SMILES string of the molecule is CCCCN(CCCC)c1cc(-c2nnco2)cc([SH](=O)=O)c1Oc1ccccc1. The van der Waals surface area contributed by atoms with Gasteiger partial charge in [-0.3, -0.25) is 0 Å². The highest BCUT2D eigenvalue weighted by molar-refractivity contribution is 7.72. The summed E-state index contributed by atoms with van der Waals surface area (Å²) >= 11 is 0. The van der Waals surface area contributed by atoms with E-state index in [1.807, 2.05) is 24.3 Å². The van der Waals surface area contributed by atoms with E-state index >= 15 is 0 Å². The Morgan fingerprint density at radius 3 is 2.30 bits per heavy atom. The standard InChI is InChI=1S/C22H27N3O4S/c1-3-5-12-25(13-6-4-2)19-14-17(22-24-23-16-28-22)15-20(30(26)27)21(19)29-18-10-8-7-9-11-18/h7-11,14-16,30H,3-6,12-13H2,1-2H3. The first-order valence-corrected chi connectivity index (χ1v) is 11.4. The van der Waals surface area contributed by atoms with Gasteiger partial charge >= 0.3 is 0 Å². The first kappa shape index (κ1) is 21.8. The quantitative estimate of drug-likeness (QED) is 0.434. The van der Waals surface area contributed by atoms with Gasteiger partial charge in [0.2, 0.25) is 12.3 Å². The van der Waals surface area contributed by atoms with Crippen molar-refractivity contribution in [2.75, 3.05) is 18.0 Å². The summed E-state index contributed by atoms with van der Waals surface area (Å²) in [4.78, 5) is 2.28. The number of rotatable bonds is 11. The minimum absolute atomic E-state index is 0.0950. The fourth-order valence-corrected chi connectivity index (χ4v) is 3.72. The van der Waals surface area contributed by atoms with E-state index in [-0.39, 0.29) is 10.8 Å². The Labute approximate surface area is 178 Å². The number of hydrogen-bond acceptors (Lipinski definition) is 7. The van der Waals surface area contributed by atoms with Crippen molar-refractivity contribution < 1.29 is 17.6 Å². The van der Waals surface area contributed by atoms with Gasteiger partial charge in [0.05, 0.1) is 5.69 Å². The summed E-state index contributed by atoms with van der Waals surface area (Å²) in [6.07, 6.45) is 5.26. The van der Waals surface area contributed by atoms with Crippen molar-refractivity contribution in [1.82, 2.24) is 10.2 Å². The van der Waals surface area contributed by atoms with Gasteiger partial charge in [-0.05, 0) is 37.1 Å². The van der Waals surface area contributed by atoms with Crippen molar-refractivity contribution >= 4 is 16.4 Å². The molecule has 0 aliphatic rings. The lowest BCUT2D eigenvalue weighted by Gasteiger charge is -2.28. The molecule has 0 atom stereocenters. The molecule has 0 aliphatic heterocycles. The van der Waals surface area contributed by atoms with Crippen molar-refractivity contribution in [3.8, 4) is 23.0 Å². The summed E-state index contributed by atoms with van der Waals surface area (Å²) in [5, 5.41) is 7.68. The summed E-state index contributed by atoms with van der Waals surface area (Å²) < 4.78 is 35.9. The molecule has 7 nitrogen and oxygen atoms in total. The van der Waals surface area contributed by atoms with E-state index < -0.39 is 10.7 Å². The molecular weight excluding hydrogens is 402 g/mol. The van der Waals surface area contributed by atoms with Gasteiger partial charge in [0, 0.05) is 18.7 Å². The average molecular weight is 430 g/mol. The summed E-state index contributed by atoms with van der Waals surface area (Å²) in [5.41, 5.74) is 1.26. The van der Waals surface area contributed by atoms with Crippen LogP contribution in [0.15, 0.2) is 58.2 Å². The van der Waals surface area contributed by atoms with Gasteiger partial charge in [0.25, 0.3) is 0 Å². The number of benzene rings is 2. The van der Waals surface area contributed by atoms with E-state index in [1.165, 1.54) is 12.5 Å². The number of anilines is 1. The number of ether oxygens (including phenoxy) is 1. The molecule has 0 saturated heterocycles. The third kappa shape index (κ3) is 5.38. The molecule has 30 heavy (non-hydrogen) atoms. The van der Waals surface area contributed by atoms with Gasteiger partial charge in [-0.15, -0.1) is 10.2 Å². The van der Waals surface area contributed by atoms with E-state index in [0.717, 1.165) is 38.8 Å². The summed E-state index contributed by atoms with van der Waals surface area (Å²) in [7, 11) is -2.91. The van der Waals surface area contributed by atoms with Crippen LogP contribution in [0.5, 0.6) is 11.5 Å². The molecule has 0 aliphatic carbocycles. The molecule has 1 heterocycles. The van der Waals surface area contributed by atoms with Gasteiger partial charge < -0.3 is 14.1 Å². The Bertz CT molecular complexity index is 989. The molecule has 0 bridgehead atoms. The van der Waals surface area contributed by atoms with Crippen LogP contribution in [0.2, 0.25) is 0 Å². The molecule has 0 spiro atoms. The van der Waals surface area contributed by atoms with Gasteiger partial charge in [-0.25, -0.2) is 8.42 Å². The van der Waals surface area contributed by atoms with E-state index in [1.54, 1.807) is 12.1 Å². The third-order valence-electron chi connectivity index (χ3n) is 4.72. The van der Waals surface area contributed by atoms with Crippen LogP contribution in [0, 0.1) is 0 Å². The second-order valence-electron chi connectivity index (χ2n) is 6.95. The van der Waals surface area contributed by atoms with Gasteiger partial charge in [0.15, 0.2) is 16.5 Å². The Balaban J connectivity index is 2.17. The number of nitrogens with zero attached hydrogens (tertiary/aromatic N) is 3. The number of aromatic nitrogens is 2. The second kappa shape index (κ2) is 10.8. The molecule has 0 radical (unpaired) electrons. The molecule has 0 amide bonds. The van der Waals surface area contributed by atoms with Crippen LogP contribution in [0.25, 0.3) is 11.5 Å². The highest BCUT2D eigenvalue weighted by Crippen LogP contribution is 2.40. The molecular formula is C22H27N3O4S. The van der Waals surface area contributed by atoms with Crippen LogP contribution < -0.4 is 9.64 Å². The Morgan fingerprint density at radius 2 is 1.73 bits per heavy atom. The maximum atomic E-state index is 12.2. The Kier molecular flexibility index (Phi) is 7.84. The fraction of sp³-hybridized carbons (Fsp3) is 0.364. The maximum absolute atomic E-state index is 12.2. The molecule has 0 unspecified atom stereocenters. The summed E-state index contributed by atoms with van der Waals surface area (Å²) in [6, 6.07) is 12.6. The highest BCUT2D eigenvalue weighted by atomic mass is 32.2. The lowest BCUT2D eigenvalue weighted by atomic mass is 10.1. The normalized spacial score (nSPS) is 11.0. The van der Waals surface area contributed by atoms with Crippen LogP contribution in [-0.4, -0.2) is 31.7 Å². The van der Waals surface area contributed by atoms with Gasteiger partial charge in [0.1, 0.15) is 10.6 Å². The average Bonchev–Trinajstić information content (AvgIpc) is 3.30. The van der Waals surface area contributed by atoms with Crippen LogP contribution in [0.1, 0.15) is 39.5 Å². The van der Waals surface area contributed by atoms with Crippen molar-refractivity contribution in [2.24, 2.45) is 0 Å². The van der Waals surface area contributed by atoms with Crippen LogP contribution in [0.3, 0.4) is 0 Å². The van der Waals surface area contributed by atoms with Crippen LogP contribution in [0.4, 0.5) is 5.69 Å². The third-order valence-corrected chi connectivity index (χ3v) is 5.45. The van der Waals surface area contributed by atoms with E-state index in [0.29, 0.717) is 22.7 Å². The number of unbranched alkanes of at least 4 members (excludes halogenated alkanes) is 2. The Hall–Kier alpha value is -2.87. The van der Waals surface area contributed by atoms with Crippen molar-refractivity contribution in [2.45, 2.75) is 44.4 Å². The van der Waals surface area contributed by atoms with Gasteiger partial charge in [-0.2, -0.15) is 0 Å². The molecule has 0 saturated carbocycles. The molecule has 8 heteroatoms. The lowest BCUT2D eigenvalue weighted by Crippen LogP contribution is -2.26. The molecule has 0 fully saturated rings. The zero-order chi connectivity index (χ0) is 21.3. The van der Waals surface area contributed by atoms with E-state index in [4.69, 9.17) is 9.15 Å². The minimum Gasteiger partial charge on any atom is -0.454 e. The number of para-hydroxylation sites is 1. The number of thiol groups is 1. The highest BCUT2D eigenvalue weighted by Gasteiger charge is 2.22. The zero-order valence-electron chi connectivity index (χ0n) is 17.3. The maximum Gasteiger partial charge on any atom is 0.247 e. The van der Waals surface area contributed by atoms with Gasteiger partial charge in [-0.1, -0.05) is 44.9 Å². The molecule has 2 aromatic carbocycles. The van der Waals surface area contributed by atoms with Crippen molar-refractivity contribution in [1.29, 1.82) is 0 Å². The minimum atomic E-state index is -2.91. The Morgan fingerprint density at radius 1 is 1.03 bits per heavy atom. The van der Waals surface area contributed by atoms with Crippen LogP contribution in [-0.2, 0) is 10.7 Å². The molecule has 3 aromatic rings. The zero-order valence-corrected chi connectivity index (χ0v) is 18.2. The predicted octanol–water partition coefficient (Wildman–Crippen LogP) is 4.91. The molecule has 1 aromatic heterocycles. The largest absolute Gasteiger partial charge is 0.454 e. The van der Waals surface area contributed by atoms with E-state index in [9.17, 15) is 8.42 Å². The molecule has 160 valence electrons. The summed E-state index contributed by atoms with van der Waals surface area (Å²) in [5.74, 6) is 1.17. The van der Waals surface area contributed by atoms with Crippen molar-refractivity contribution in [3.05, 3.63) is 48.9 Å². The summed E-state index contributed by atoms with van der Waals surface area (Å²) in [6.45, 7) is 5.86. The first-order chi connectivity index (χ1) is 14.6. The smallest absolute Gasteiger partial charge is 0.247 e. The number of hydrogen-bond donors (Lipinski definition) is 1. The van der Waals surface area contributed by atoms with Crippen molar-refractivity contribution in [3.63, 3.8) is 0 Å². The molecule has 3 rings (SSSR count). The topological polar surface area (TPSA) is 85.5 Å². The second-order valence-corrected chi connectivity index (χ2v) is 7.95. The molecule has 0 N–H and O–H groups in total. The monoisotopic (exact) mass is 429 g/mol. The van der Waals surface area contributed by atoms with Crippen LogP contribution >= 0.6 is 0 Å².